The van der Waals surface area contributed by atoms with E-state index in [1.165, 1.54) is 20.8 Å². The topological polar surface area (TPSA) is 0 Å². The van der Waals surface area contributed by atoms with Gasteiger partial charge in [0.05, 0.1) is 11.1 Å². The van der Waals surface area contributed by atoms with Crippen LogP contribution in [0, 0.1) is 0 Å². The molecule has 0 fully saturated rings. The summed E-state index contributed by atoms with van der Waals surface area (Å²) >= 11 is 0. The summed E-state index contributed by atoms with van der Waals surface area (Å²) in [5.74, 6) is 0. The average Bonchev–Trinajstić information content (AvgIpc) is 2.28. The van der Waals surface area contributed by atoms with Crippen LogP contribution in [0.4, 0.5) is 22.0 Å². The molecule has 0 saturated carbocycles. The summed E-state index contributed by atoms with van der Waals surface area (Å²) in [6.07, 6.45) is -7.02. The highest BCUT2D eigenvalue weighted by molar-refractivity contribution is 5.63. The Bertz CT molecular complexity index is 389. The summed E-state index contributed by atoms with van der Waals surface area (Å²) < 4.78 is 62.4. The quantitative estimate of drug-likeness (QED) is 0.536. The first-order valence-electron chi connectivity index (χ1n) is 4.19. The SMILES string of the molecule is CC1=C(C)C(=C(F)F)C(C(F)(F)F)=C1C. The van der Waals surface area contributed by atoms with Crippen molar-refractivity contribution in [2.45, 2.75) is 26.9 Å². The number of allylic oxidation sites excluding steroid dienone is 5. The molecule has 84 valence electrons. The van der Waals surface area contributed by atoms with Crippen LogP contribution in [-0.4, -0.2) is 6.18 Å². The summed E-state index contributed by atoms with van der Waals surface area (Å²) in [6.45, 7) is 3.88. The lowest BCUT2D eigenvalue weighted by Gasteiger charge is -2.11. The van der Waals surface area contributed by atoms with Crippen molar-refractivity contribution in [1.82, 2.24) is 0 Å². The van der Waals surface area contributed by atoms with E-state index in [0.29, 0.717) is 0 Å². The van der Waals surface area contributed by atoms with Crippen LogP contribution >= 0.6 is 0 Å². The van der Waals surface area contributed by atoms with Crippen LogP contribution in [0.25, 0.3) is 0 Å². The van der Waals surface area contributed by atoms with Crippen LogP contribution in [0.2, 0.25) is 0 Å². The maximum absolute atomic E-state index is 12.5. The van der Waals surface area contributed by atoms with Crippen molar-refractivity contribution in [2.24, 2.45) is 0 Å². The Kier molecular flexibility index (Phi) is 2.76. The maximum Gasteiger partial charge on any atom is 0.417 e. The molecule has 0 saturated heterocycles. The van der Waals surface area contributed by atoms with E-state index in [-0.39, 0.29) is 16.7 Å². The molecule has 1 rings (SSSR count). The van der Waals surface area contributed by atoms with E-state index in [4.69, 9.17) is 0 Å². The van der Waals surface area contributed by atoms with Gasteiger partial charge in [-0.3, -0.25) is 0 Å². The number of alkyl halides is 3. The Labute approximate surface area is 83.8 Å². The molecule has 1 aliphatic rings. The molecule has 15 heavy (non-hydrogen) atoms. The number of rotatable bonds is 0. The highest BCUT2D eigenvalue weighted by Gasteiger charge is 2.43. The normalized spacial score (nSPS) is 18.0. The fraction of sp³-hybridized carbons (Fsp3) is 0.400. The molecule has 0 atom stereocenters. The second kappa shape index (κ2) is 3.47. The van der Waals surface area contributed by atoms with Crippen LogP contribution in [0.1, 0.15) is 20.8 Å². The molecule has 0 nitrogen and oxygen atoms in total. The third-order valence-electron chi connectivity index (χ3n) is 2.60. The molecule has 0 bridgehead atoms. The highest BCUT2D eigenvalue weighted by Crippen LogP contribution is 2.46. The van der Waals surface area contributed by atoms with Gasteiger partial charge in [-0.25, -0.2) is 0 Å². The summed E-state index contributed by atoms with van der Waals surface area (Å²) in [4.78, 5) is 0. The van der Waals surface area contributed by atoms with Gasteiger partial charge in [-0.2, -0.15) is 22.0 Å². The van der Waals surface area contributed by atoms with Gasteiger partial charge in [-0.15, -0.1) is 0 Å². The molecule has 0 aromatic heterocycles. The lowest BCUT2D eigenvalue weighted by molar-refractivity contribution is -0.0898. The molecule has 1 aliphatic carbocycles. The summed E-state index contributed by atoms with van der Waals surface area (Å²) in [6, 6.07) is 0. The van der Waals surface area contributed by atoms with Crippen molar-refractivity contribution < 1.29 is 22.0 Å². The fourth-order valence-corrected chi connectivity index (χ4v) is 1.62. The summed E-state index contributed by atoms with van der Waals surface area (Å²) in [5, 5.41) is 0. The Morgan fingerprint density at radius 3 is 1.60 bits per heavy atom. The van der Waals surface area contributed by atoms with Gasteiger partial charge >= 0.3 is 6.18 Å². The molecule has 0 aromatic rings. The van der Waals surface area contributed by atoms with Crippen LogP contribution in [-0.2, 0) is 0 Å². The Morgan fingerprint density at radius 2 is 1.33 bits per heavy atom. The van der Waals surface area contributed by atoms with Crippen molar-refractivity contribution in [1.29, 1.82) is 0 Å². The number of halogens is 5. The Morgan fingerprint density at radius 1 is 0.867 bits per heavy atom. The molecular weight excluding hydrogens is 215 g/mol. The molecule has 0 amide bonds. The van der Waals surface area contributed by atoms with Crippen molar-refractivity contribution in [3.8, 4) is 0 Å². The van der Waals surface area contributed by atoms with Gasteiger partial charge in [0.2, 0.25) is 0 Å². The predicted octanol–water partition coefficient (Wildman–Crippen LogP) is 4.37. The highest BCUT2D eigenvalue weighted by atomic mass is 19.4. The van der Waals surface area contributed by atoms with E-state index in [1.54, 1.807) is 0 Å². The molecule has 0 unspecified atom stereocenters. The maximum atomic E-state index is 12.5. The molecule has 0 aromatic carbocycles. The van der Waals surface area contributed by atoms with Gasteiger partial charge in [0.1, 0.15) is 0 Å². The van der Waals surface area contributed by atoms with Crippen molar-refractivity contribution in [3.63, 3.8) is 0 Å². The second-order valence-electron chi connectivity index (χ2n) is 3.38. The largest absolute Gasteiger partial charge is 0.417 e. The lowest BCUT2D eigenvalue weighted by Crippen LogP contribution is -2.14. The van der Waals surface area contributed by atoms with Crippen LogP contribution in [0.3, 0.4) is 0 Å². The minimum Gasteiger partial charge on any atom is -0.173 e. The Balaban J connectivity index is 3.49. The Hall–Kier alpha value is -1.13. The van der Waals surface area contributed by atoms with Gasteiger partial charge in [0, 0.05) is 0 Å². The minimum absolute atomic E-state index is 0.000162. The molecule has 0 radical (unpaired) electrons. The van der Waals surface area contributed by atoms with E-state index in [2.05, 4.69) is 0 Å². The van der Waals surface area contributed by atoms with Crippen molar-refractivity contribution in [2.75, 3.05) is 0 Å². The van der Waals surface area contributed by atoms with E-state index in [0.717, 1.165) is 0 Å². The standard InChI is InChI=1S/C10H9F5/c1-4-5(2)7(9(11)12)8(6(4)3)10(13,14)15/h1-3H3. The third kappa shape index (κ3) is 1.82. The summed E-state index contributed by atoms with van der Waals surface area (Å²) in [7, 11) is 0. The van der Waals surface area contributed by atoms with Crippen molar-refractivity contribution >= 4 is 0 Å². The van der Waals surface area contributed by atoms with Crippen molar-refractivity contribution in [3.05, 3.63) is 33.9 Å². The number of hydrogen-bond donors (Lipinski definition) is 0. The molecule has 0 N–H and O–H groups in total. The zero-order chi connectivity index (χ0) is 12.0. The minimum atomic E-state index is -4.73. The fourth-order valence-electron chi connectivity index (χ4n) is 1.62. The first-order chi connectivity index (χ1) is 6.68. The van der Waals surface area contributed by atoms with Crippen LogP contribution < -0.4 is 0 Å². The zero-order valence-electron chi connectivity index (χ0n) is 8.39. The molecule has 0 aliphatic heterocycles. The molecule has 5 heteroatoms. The van der Waals surface area contributed by atoms with Gasteiger partial charge < -0.3 is 0 Å². The zero-order valence-corrected chi connectivity index (χ0v) is 8.39. The van der Waals surface area contributed by atoms with E-state index < -0.39 is 23.4 Å². The summed E-state index contributed by atoms with van der Waals surface area (Å²) in [5.41, 5.74) is -2.03. The van der Waals surface area contributed by atoms with Gasteiger partial charge in [0.25, 0.3) is 6.08 Å². The van der Waals surface area contributed by atoms with Gasteiger partial charge in [-0.1, -0.05) is 0 Å². The monoisotopic (exact) mass is 224 g/mol. The van der Waals surface area contributed by atoms with E-state index in [9.17, 15) is 22.0 Å². The van der Waals surface area contributed by atoms with Crippen LogP contribution in [0.15, 0.2) is 33.9 Å². The lowest BCUT2D eigenvalue weighted by atomic mass is 10.0. The van der Waals surface area contributed by atoms with E-state index in [1.807, 2.05) is 0 Å². The third-order valence-corrected chi connectivity index (χ3v) is 2.60. The van der Waals surface area contributed by atoms with Gasteiger partial charge in [-0.05, 0) is 37.5 Å². The molecule has 0 spiro atoms. The first kappa shape index (κ1) is 11.9. The van der Waals surface area contributed by atoms with E-state index >= 15 is 0 Å². The van der Waals surface area contributed by atoms with Crippen LogP contribution in [0.5, 0.6) is 0 Å². The smallest absolute Gasteiger partial charge is 0.173 e. The second-order valence-corrected chi connectivity index (χ2v) is 3.38. The molecule has 0 heterocycles. The first-order valence-corrected chi connectivity index (χ1v) is 4.19. The molecular formula is C10H9F5. The number of hydrogen-bond acceptors (Lipinski definition) is 0. The van der Waals surface area contributed by atoms with Gasteiger partial charge in [0.15, 0.2) is 0 Å². The average molecular weight is 224 g/mol. The predicted molar refractivity (Wildman–Crippen MR) is 46.4 cm³/mol.